The molecule has 0 aromatic heterocycles. The molecule has 1 atom stereocenters. The Labute approximate surface area is 141 Å². The van der Waals surface area contributed by atoms with E-state index in [4.69, 9.17) is 10.5 Å². The van der Waals surface area contributed by atoms with Crippen LogP contribution < -0.4 is 15.8 Å². The van der Waals surface area contributed by atoms with Crippen LogP contribution in [0.1, 0.15) is 25.8 Å². The van der Waals surface area contributed by atoms with Gasteiger partial charge in [-0.2, -0.15) is 0 Å². The highest BCUT2D eigenvalue weighted by atomic mass is 127. The van der Waals surface area contributed by atoms with E-state index >= 15 is 0 Å². The fourth-order valence-electron chi connectivity index (χ4n) is 1.47. The number of benzene rings is 1. The summed E-state index contributed by atoms with van der Waals surface area (Å²) < 4.78 is 29.1. The topological polar surface area (TPSA) is 59.6 Å². The maximum atomic E-state index is 12.1. The molecular formula is C14H22F2IN3O. The molecule has 0 saturated carbocycles. The monoisotopic (exact) mass is 413 g/mol. The second-order valence-electron chi connectivity index (χ2n) is 4.50. The van der Waals surface area contributed by atoms with Gasteiger partial charge >= 0.3 is 0 Å². The zero-order valence-electron chi connectivity index (χ0n) is 12.2. The molecule has 7 heteroatoms. The highest BCUT2D eigenvalue weighted by Crippen LogP contribution is 2.14. The summed E-state index contributed by atoms with van der Waals surface area (Å²) in [6.45, 7) is 3.83. The summed E-state index contributed by atoms with van der Waals surface area (Å²) in [5.74, 6) is 0.782. The maximum absolute atomic E-state index is 12.1. The van der Waals surface area contributed by atoms with Gasteiger partial charge in [0.25, 0.3) is 6.43 Å². The van der Waals surface area contributed by atoms with Gasteiger partial charge in [-0.1, -0.05) is 19.1 Å². The minimum absolute atomic E-state index is 0. The molecule has 0 fully saturated rings. The number of nitrogens with one attached hydrogen (secondary N) is 1. The predicted molar refractivity (Wildman–Crippen MR) is 91.6 cm³/mol. The Balaban J connectivity index is 0.00000400. The molecule has 0 saturated heterocycles. The van der Waals surface area contributed by atoms with Crippen molar-refractivity contribution in [3.8, 4) is 5.75 Å². The molecule has 1 aromatic rings. The smallest absolute Gasteiger partial charge is 0.272 e. The molecule has 0 spiro atoms. The number of alkyl halides is 2. The zero-order valence-corrected chi connectivity index (χ0v) is 14.5. The first-order chi connectivity index (χ1) is 9.51. The van der Waals surface area contributed by atoms with E-state index in [1.165, 1.54) is 0 Å². The van der Waals surface area contributed by atoms with E-state index in [0.29, 0.717) is 18.3 Å². The molecule has 0 bridgehead atoms. The van der Waals surface area contributed by atoms with Crippen molar-refractivity contribution in [2.24, 2.45) is 10.7 Å². The third-order valence-electron chi connectivity index (χ3n) is 2.71. The van der Waals surface area contributed by atoms with Gasteiger partial charge in [-0.15, -0.1) is 24.0 Å². The first-order valence-electron chi connectivity index (χ1n) is 6.57. The number of halogens is 3. The van der Waals surface area contributed by atoms with Crippen LogP contribution in [0, 0.1) is 0 Å². The van der Waals surface area contributed by atoms with Gasteiger partial charge in [0, 0.05) is 6.04 Å². The van der Waals surface area contributed by atoms with Crippen molar-refractivity contribution in [3.05, 3.63) is 29.8 Å². The number of ether oxygens (including phenoxy) is 1. The maximum Gasteiger partial charge on any atom is 0.272 e. The number of hydrogen-bond donors (Lipinski definition) is 2. The van der Waals surface area contributed by atoms with Crippen LogP contribution in [0.4, 0.5) is 8.78 Å². The van der Waals surface area contributed by atoms with Crippen LogP contribution in [0.5, 0.6) is 5.75 Å². The van der Waals surface area contributed by atoms with Crippen molar-refractivity contribution in [1.29, 1.82) is 0 Å². The van der Waals surface area contributed by atoms with Gasteiger partial charge < -0.3 is 15.8 Å². The number of guanidine groups is 1. The van der Waals surface area contributed by atoms with Gasteiger partial charge in [-0.25, -0.2) is 13.8 Å². The van der Waals surface area contributed by atoms with Crippen molar-refractivity contribution in [2.75, 3.05) is 6.61 Å². The summed E-state index contributed by atoms with van der Waals surface area (Å²) in [7, 11) is 0. The van der Waals surface area contributed by atoms with Crippen LogP contribution in [0.15, 0.2) is 29.3 Å². The molecular weight excluding hydrogens is 391 g/mol. The van der Waals surface area contributed by atoms with Crippen molar-refractivity contribution in [2.45, 2.75) is 39.3 Å². The minimum atomic E-state index is -2.48. The number of nitrogens with two attached hydrogens (primary N) is 1. The normalized spacial score (nSPS) is 12.7. The lowest BCUT2D eigenvalue weighted by atomic mass is 10.2. The Morgan fingerprint density at radius 1 is 1.43 bits per heavy atom. The Hall–Kier alpha value is -1.12. The van der Waals surface area contributed by atoms with Crippen LogP contribution in [-0.4, -0.2) is 25.0 Å². The Morgan fingerprint density at radius 3 is 2.76 bits per heavy atom. The van der Waals surface area contributed by atoms with E-state index in [1.54, 1.807) is 18.2 Å². The largest absolute Gasteiger partial charge is 0.488 e. The van der Waals surface area contributed by atoms with Crippen LogP contribution in [-0.2, 0) is 6.54 Å². The van der Waals surface area contributed by atoms with E-state index in [1.807, 2.05) is 13.0 Å². The van der Waals surface area contributed by atoms with Gasteiger partial charge in [0.1, 0.15) is 12.4 Å². The van der Waals surface area contributed by atoms with Crippen molar-refractivity contribution >= 4 is 29.9 Å². The van der Waals surface area contributed by atoms with Crippen LogP contribution in [0.2, 0.25) is 0 Å². The third kappa shape index (κ3) is 8.69. The lowest BCUT2D eigenvalue weighted by Crippen LogP contribution is -2.38. The molecule has 120 valence electrons. The molecule has 0 aliphatic heterocycles. The summed E-state index contributed by atoms with van der Waals surface area (Å²) in [4.78, 5) is 4.20. The van der Waals surface area contributed by atoms with Crippen LogP contribution >= 0.6 is 24.0 Å². The zero-order chi connectivity index (χ0) is 15.0. The summed E-state index contributed by atoms with van der Waals surface area (Å²) in [6.07, 6.45) is -1.53. The SMILES string of the molecule is CCC(C)NC(N)=NCc1cccc(OCC(F)F)c1.I. The van der Waals surface area contributed by atoms with Gasteiger partial charge in [0.2, 0.25) is 0 Å². The van der Waals surface area contributed by atoms with Gasteiger partial charge in [0.15, 0.2) is 5.96 Å². The molecule has 0 heterocycles. The number of nitrogens with zero attached hydrogens (tertiary/aromatic N) is 1. The Morgan fingerprint density at radius 2 is 2.14 bits per heavy atom. The fraction of sp³-hybridized carbons (Fsp3) is 0.500. The van der Waals surface area contributed by atoms with E-state index < -0.39 is 13.0 Å². The van der Waals surface area contributed by atoms with Crippen molar-refractivity contribution in [3.63, 3.8) is 0 Å². The van der Waals surface area contributed by atoms with Crippen molar-refractivity contribution in [1.82, 2.24) is 5.32 Å². The molecule has 0 aliphatic carbocycles. The van der Waals surface area contributed by atoms with Gasteiger partial charge in [-0.05, 0) is 31.0 Å². The number of aliphatic imine (C=N–C) groups is 1. The summed E-state index contributed by atoms with van der Waals surface area (Å²) in [5.41, 5.74) is 6.60. The molecule has 3 N–H and O–H groups in total. The standard InChI is InChI=1S/C14H21F2N3O.HI/c1-3-10(2)19-14(17)18-8-11-5-4-6-12(7-11)20-9-13(15)16;/h4-7,10,13H,3,8-9H2,1-2H3,(H3,17,18,19);1H. The van der Waals surface area contributed by atoms with E-state index in [0.717, 1.165) is 12.0 Å². The highest BCUT2D eigenvalue weighted by Gasteiger charge is 2.04. The highest BCUT2D eigenvalue weighted by molar-refractivity contribution is 14.0. The average Bonchev–Trinajstić information content (AvgIpc) is 2.43. The second kappa shape index (κ2) is 10.6. The van der Waals surface area contributed by atoms with Gasteiger partial charge in [0.05, 0.1) is 6.54 Å². The quantitative estimate of drug-likeness (QED) is 0.410. The first kappa shape index (κ1) is 19.9. The first-order valence-corrected chi connectivity index (χ1v) is 6.57. The average molecular weight is 413 g/mol. The predicted octanol–water partition coefficient (Wildman–Crippen LogP) is 3.15. The summed E-state index contributed by atoms with van der Waals surface area (Å²) >= 11 is 0. The Kier molecular flexibility index (Phi) is 10.0. The van der Waals surface area contributed by atoms with E-state index in [-0.39, 0.29) is 30.0 Å². The van der Waals surface area contributed by atoms with Crippen LogP contribution in [0.25, 0.3) is 0 Å². The van der Waals surface area contributed by atoms with E-state index in [2.05, 4.69) is 17.2 Å². The minimum Gasteiger partial charge on any atom is -0.488 e. The molecule has 21 heavy (non-hydrogen) atoms. The summed E-state index contributed by atoms with van der Waals surface area (Å²) in [5, 5.41) is 3.05. The molecule has 0 amide bonds. The lowest BCUT2D eigenvalue weighted by Gasteiger charge is -2.11. The molecule has 1 unspecified atom stereocenters. The Bertz CT molecular complexity index is 444. The fourth-order valence-corrected chi connectivity index (χ4v) is 1.47. The molecule has 1 rings (SSSR count). The molecule has 0 aliphatic rings. The lowest BCUT2D eigenvalue weighted by molar-refractivity contribution is 0.0818. The van der Waals surface area contributed by atoms with Crippen LogP contribution in [0.3, 0.4) is 0 Å². The molecule has 4 nitrogen and oxygen atoms in total. The second-order valence-corrected chi connectivity index (χ2v) is 4.50. The van der Waals surface area contributed by atoms with Gasteiger partial charge in [-0.3, -0.25) is 0 Å². The number of hydrogen-bond acceptors (Lipinski definition) is 2. The van der Waals surface area contributed by atoms with E-state index in [9.17, 15) is 8.78 Å². The third-order valence-corrected chi connectivity index (χ3v) is 2.71. The molecule has 0 radical (unpaired) electrons. The summed E-state index contributed by atoms with van der Waals surface area (Å²) in [6, 6.07) is 7.16. The van der Waals surface area contributed by atoms with Crippen molar-refractivity contribution < 1.29 is 13.5 Å². The number of rotatable bonds is 7. The molecule has 1 aromatic carbocycles.